The minimum absolute atomic E-state index is 0.227. The molecule has 1 saturated heterocycles. The minimum atomic E-state index is -0.227. The van der Waals surface area contributed by atoms with Crippen LogP contribution in [0.3, 0.4) is 0 Å². The summed E-state index contributed by atoms with van der Waals surface area (Å²) in [6.07, 6.45) is 1.14. The van der Waals surface area contributed by atoms with Crippen LogP contribution in [0.5, 0.6) is 0 Å². The maximum Gasteiger partial charge on any atom is 0.231 e. The summed E-state index contributed by atoms with van der Waals surface area (Å²) in [7, 11) is 4.14. The van der Waals surface area contributed by atoms with Gasteiger partial charge in [-0.15, -0.1) is 0 Å². The molecule has 1 aliphatic heterocycles. The highest BCUT2D eigenvalue weighted by Crippen LogP contribution is 2.11. The van der Waals surface area contributed by atoms with E-state index in [9.17, 15) is 4.79 Å². The molecule has 0 radical (unpaired) electrons. The Balaban J connectivity index is 2.30. The van der Waals surface area contributed by atoms with E-state index >= 15 is 0 Å². The molecule has 1 aliphatic rings. The molecule has 0 aromatic heterocycles. The molecule has 1 rings (SSSR count). The molecule has 0 aromatic carbocycles. The Labute approximate surface area is 73.3 Å². The Morgan fingerprint density at radius 3 is 2.75 bits per heavy atom. The Morgan fingerprint density at radius 2 is 2.33 bits per heavy atom. The molecule has 0 saturated carbocycles. The molecule has 1 heterocycles. The van der Waals surface area contributed by atoms with Gasteiger partial charge in [0.05, 0.1) is 6.54 Å². The summed E-state index contributed by atoms with van der Waals surface area (Å²) in [6.45, 7) is 2.37. The third-order valence-corrected chi connectivity index (χ3v) is 2.36. The molecule has 12 heavy (non-hydrogen) atoms. The fourth-order valence-corrected chi connectivity index (χ4v) is 1.60. The van der Waals surface area contributed by atoms with Crippen molar-refractivity contribution in [1.29, 1.82) is 0 Å². The van der Waals surface area contributed by atoms with Crippen molar-refractivity contribution in [2.75, 3.05) is 33.7 Å². The minimum Gasteiger partial charge on any atom is -0.369 e. The van der Waals surface area contributed by atoms with Crippen molar-refractivity contribution in [2.45, 2.75) is 12.5 Å². The Kier molecular flexibility index (Phi) is 3.05. The second kappa shape index (κ2) is 3.87. The highest BCUT2D eigenvalue weighted by atomic mass is 16.1. The Morgan fingerprint density at radius 1 is 1.67 bits per heavy atom. The first-order valence-corrected chi connectivity index (χ1v) is 4.26. The average Bonchev–Trinajstić information content (AvgIpc) is 2.34. The maximum absolute atomic E-state index is 10.6. The molecule has 70 valence electrons. The van der Waals surface area contributed by atoms with Crippen LogP contribution in [0, 0.1) is 0 Å². The molecule has 4 heteroatoms. The number of carbonyl (C=O) groups is 1. The van der Waals surface area contributed by atoms with Gasteiger partial charge in [0, 0.05) is 19.1 Å². The summed E-state index contributed by atoms with van der Waals surface area (Å²) in [5, 5.41) is 0. The fourth-order valence-electron chi connectivity index (χ4n) is 1.60. The van der Waals surface area contributed by atoms with Gasteiger partial charge in [0.15, 0.2) is 0 Å². The van der Waals surface area contributed by atoms with Crippen molar-refractivity contribution in [1.82, 2.24) is 9.80 Å². The molecule has 0 aromatic rings. The lowest BCUT2D eigenvalue weighted by atomic mass is 10.2. The average molecular weight is 171 g/mol. The van der Waals surface area contributed by atoms with Gasteiger partial charge in [-0.1, -0.05) is 0 Å². The summed E-state index contributed by atoms with van der Waals surface area (Å²) in [4.78, 5) is 14.9. The zero-order valence-corrected chi connectivity index (χ0v) is 7.79. The quantitative estimate of drug-likeness (QED) is 0.599. The number of amides is 1. The number of rotatable bonds is 3. The first-order valence-electron chi connectivity index (χ1n) is 4.26. The van der Waals surface area contributed by atoms with Gasteiger partial charge in [0.25, 0.3) is 0 Å². The molecule has 0 aliphatic carbocycles. The topological polar surface area (TPSA) is 49.6 Å². The van der Waals surface area contributed by atoms with Crippen molar-refractivity contribution in [3.63, 3.8) is 0 Å². The number of hydrogen-bond donors (Lipinski definition) is 1. The number of likely N-dealkylation sites (N-methyl/N-ethyl adjacent to an activating group) is 1. The van der Waals surface area contributed by atoms with Gasteiger partial charge in [0.2, 0.25) is 5.91 Å². The van der Waals surface area contributed by atoms with Gasteiger partial charge >= 0.3 is 0 Å². The molecule has 0 spiro atoms. The standard InChI is InChI=1S/C8H17N3O/c1-10(2)7-3-4-11(5-7)6-8(9)12/h7H,3-6H2,1-2H3,(H2,9,12)/t7-/m1/s1. The van der Waals surface area contributed by atoms with Crippen molar-refractivity contribution in [3.8, 4) is 0 Å². The van der Waals surface area contributed by atoms with E-state index in [4.69, 9.17) is 5.73 Å². The fraction of sp³-hybridized carbons (Fsp3) is 0.875. The Hall–Kier alpha value is -0.610. The van der Waals surface area contributed by atoms with Crippen LogP contribution >= 0.6 is 0 Å². The van der Waals surface area contributed by atoms with E-state index in [0.29, 0.717) is 12.6 Å². The zero-order chi connectivity index (χ0) is 9.14. The first kappa shape index (κ1) is 9.48. The number of hydrogen-bond acceptors (Lipinski definition) is 3. The third kappa shape index (κ3) is 2.46. The molecular weight excluding hydrogens is 154 g/mol. The summed E-state index contributed by atoms with van der Waals surface area (Å²) < 4.78 is 0. The van der Waals surface area contributed by atoms with Crippen LogP contribution in [0.1, 0.15) is 6.42 Å². The van der Waals surface area contributed by atoms with E-state index in [1.807, 2.05) is 0 Å². The van der Waals surface area contributed by atoms with E-state index in [1.54, 1.807) is 0 Å². The SMILES string of the molecule is CN(C)[C@@H]1CCN(CC(N)=O)C1. The van der Waals surface area contributed by atoms with E-state index < -0.39 is 0 Å². The van der Waals surface area contributed by atoms with Gasteiger partial charge < -0.3 is 10.6 Å². The monoisotopic (exact) mass is 171 g/mol. The van der Waals surface area contributed by atoms with Crippen LogP contribution in [0.4, 0.5) is 0 Å². The summed E-state index contributed by atoms with van der Waals surface area (Å²) in [6, 6.07) is 0.587. The second-order valence-corrected chi connectivity index (χ2v) is 3.61. The smallest absolute Gasteiger partial charge is 0.231 e. The number of primary amides is 1. The van der Waals surface area contributed by atoms with E-state index in [2.05, 4.69) is 23.9 Å². The predicted octanol–water partition coefficient (Wildman–Crippen LogP) is -0.892. The molecular formula is C8H17N3O. The van der Waals surface area contributed by atoms with Crippen molar-refractivity contribution < 1.29 is 4.79 Å². The van der Waals surface area contributed by atoms with Gasteiger partial charge in [-0.3, -0.25) is 9.69 Å². The highest BCUT2D eigenvalue weighted by Gasteiger charge is 2.24. The van der Waals surface area contributed by atoms with Gasteiger partial charge in [-0.25, -0.2) is 0 Å². The molecule has 1 amide bonds. The highest BCUT2D eigenvalue weighted by molar-refractivity contribution is 5.75. The first-order chi connectivity index (χ1) is 5.59. The van der Waals surface area contributed by atoms with E-state index in [-0.39, 0.29) is 5.91 Å². The lowest BCUT2D eigenvalue weighted by Crippen LogP contribution is -2.35. The Bertz CT molecular complexity index is 170. The van der Waals surface area contributed by atoms with Gasteiger partial charge in [-0.05, 0) is 20.5 Å². The molecule has 1 fully saturated rings. The van der Waals surface area contributed by atoms with Gasteiger partial charge in [0.1, 0.15) is 0 Å². The summed E-state index contributed by atoms with van der Waals surface area (Å²) in [5.41, 5.74) is 5.10. The zero-order valence-electron chi connectivity index (χ0n) is 7.79. The van der Waals surface area contributed by atoms with Crippen LogP contribution in [0.2, 0.25) is 0 Å². The van der Waals surface area contributed by atoms with Crippen LogP contribution in [-0.4, -0.2) is 55.5 Å². The van der Waals surface area contributed by atoms with Crippen molar-refractivity contribution in [2.24, 2.45) is 5.73 Å². The van der Waals surface area contributed by atoms with Crippen molar-refractivity contribution in [3.05, 3.63) is 0 Å². The van der Waals surface area contributed by atoms with Crippen molar-refractivity contribution >= 4 is 5.91 Å². The number of nitrogens with two attached hydrogens (primary N) is 1. The lowest BCUT2D eigenvalue weighted by Gasteiger charge is -2.19. The predicted molar refractivity (Wildman–Crippen MR) is 47.7 cm³/mol. The largest absolute Gasteiger partial charge is 0.369 e. The maximum atomic E-state index is 10.6. The lowest BCUT2D eigenvalue weighted by molar-refractivity contribution is -0.118. The molecule has 4 nitrogen and oxygen atoms in total. The van der Waals surface area contributed by atoms with Crippen LogP contribution in [0.25, 0.3) is 0 Å². The third-order valence-electron chi connectivity index (χ3n) is 2.36. The summed E-state index contributed by atoms with van der Waals surface area (Å²) in [5.74, 6) is -0.227. The molecule has 0 unspecified atom stereocenters. The van der Waals surface area contributed by atoms with E-state index in [0.717, 1.165) is 19.5 Å². The van der Waals surface area contributed by atoms with Crippen LogP contribution in [-0.2, 0) is 4.79 Å². The molecule has 1 atom stereocenters. The number of likely N-dealkylation sites (tertiary alicyclic amines) is 1. The van der Waals surface area contributed by atoms with Crippen LogP contribution < -0.4 is 5.73 Å². The molecule has 2 N–H and O–H groups in total. The number of nitrogens with zero attached hydrogens (tertiary/aromatic N) is 2. The molecule has 0 bridgehead atoms. The normalized spacial score (nSPS) is 25.1. The van der Waals surface area contributed by atoms with Gasteiger partial charge in [-0.2, -0.15) is 0 Å². The van der Waals surface area contributed by atoms with E-state index in [1.165, 1.54) is 0 Å². The number of carbonyl (C=O) groups excluding carboxylic acids is 1. The van der Waals surface area contributed by atoms with Crippen LogP contribution in [0.15, 0.2) is 0 Å². The summed E-state index contributed by atoms with van der Waals surface area (Å²) >= 11 is 0. The second-order valence-electron chi connectivity index (χ2n) is 3.61.